The third-order valence-electron chi connectivity index (χ3n) is 18.4. The van der Waals surface area contributed by atoms with Crippen molar-refractivity contribution >= 4 is 39.5 Å². The van der Waals surface area contributed by atoms with Gasteiger partial charge in [0.05, 0.1) is 26.4 Å². The van der Waals surface area contributed by atoms with Crippen molar-refractivity contribution in [2.45, 2.75) is 414 Å². The quantitative estimate of drug-likeness (QED) is 0.0222. The summed E-state index contributed by atoms with van der Waals surface area (Å²) in [6, 6.07) is 0. The average Bonchev–Trinajstić information content (AvgIpc) is 2.18. The highest BCUT2D eigenvalue weighted by atomic mass is 31.2. The van der Waals surface area contributed by atoms with Gasteiger partial charge in [-0.15, -0.1) is 0 Å². The van der Waals surface area contributed by atoms with Gasteiger partial charge in [-0.25, -0.2) is 9.13 Å². The predicted molar refractivity (Wildman–Crippen MR) is 395 cm³/mol. The van der Waals surface area contributed by atoms with Gasteiger partial charge in [0.1, 0.15) is 19.3 Å². The number of aliphatic hydroxyl groups excluding tert-OH is 1. The summed E-state index contributed by atoms with van der Waals surface area (Å²) >= 11 is 0. The van der Waals surface area contributed by atoms with Crippen molar-refractivity contribution in [2.75, 3.05) is 39.6 Å². The number of aliphatic hydroxyl groups is 1. The van der Waals surface area contributed by atoms with E-state index in [9.17, 15) is 43.2 Å². The molecule has 3 N–H and O–H groups in total. The smallest absolute Gasteiger partial charge is 0.462 e. The first-order chi connectivity index (χ1) is 46.6. The molecule has 0 aliphatic rings. The summed E-state index contributed by atoms with van der Waals surface area (Å²) in [5, 5.41) is 10.6. The molecule has 6 atom stereocenters. The fourth-order valence-electron chi connectivity index (χ4n) is 11.9. The zero-order valence-corrected chi connectivity index (χ0v) is 65.5. The van der Waals surface area contributed by atoms with Crippen LogP contribution in [-0.2, 0) is 65.4 Å². The number of rotatable bonds is 75. The Morgan fingerprint density at radius 3 is 0.732 bits per heavy atom. The van der Waals surface area contributed by atoms with Crippen LogP contribution in [0.25, 0.3) is 0 Å². The molecular weight excluding hydrogens is 1270 g/mol. The van der Waals surface area contributed by atoms with Gasteiger partial charge >= 0.3 is 39.5 Å². The molecule has 0 amide bonds. The predicted octanol–water partition coefficient (Wildman–Crippen LogP) is 22.8. The van der Waals surface area contributed by atoms with Crippen molar-refractivity contribution in [3.8, 4) is 0 Å². The van der Waals surface area contributed by atoms with Crippen molar-refractivity contribution in [1.29, 1.82) is 0 Å². The molecule has 19 heteroatoms. The van der Waals surface area contributed by atoms with E-state index in [4.69, 9.17) is 37.0 Å². The van der Waals surface area contributed by atoms with Crippen LogP contribution in [0.3, 0.4) is 0 Å². The second-order valence-corrected chi connectivity index (χ2v) is 32.7. The number of carbonyl (C=O) groups is 4. The molecule has 0 bridgehead atoms. The largest absolute Gasteiger partial charge is 0.472 e. The first-order valence-corrected chi connectivity index (χ1v) is 43.2. The summed E-state index contributed by atoms with van der Waals surface area (Å²) in [5.41, 5.74) is 0. The van der Waals surface area contributed by atoms with Crippen molar-refractivity contribution < 1.29 is 80.2 Å². The number of hydrogen-bond acceptors (Lipinski definition) is 15. The molecule has 0 heterocycles. The van der Waals surface area contributed by atoms with Gasteiger partial charge in [-0.2, -0.15) is 0 Å². The molecule has 576 valence electrons. The molecule has 3 unspecified atom stereocenters. The SMILES string of the molecule is CCC(C)CCCCCCCCCCCCC(=O)O[C@H](COC(=O)CCCCCCCCC(C)C)COP(=O)(O)OC[C@H](O)COP(=O)(O)OC[C@@H](COC(=O)CCCCCCCCCCCCCCC(C)C)OC(=O)CCCCCCCCCCCCCCCCCCC(C)C. The van der Waals surface area contributed by atoms with Crippen LogP contribution < -0.4 is 0 Å². The molecule has 0 saturated carbocycles. The number of ether oxygens (including phenoxy) is 4. The number of unbranched alkanes of at least 4 members (excludes halogenated alkanes) is 40. The third kappa shape index (κ3) is 70.9. The van der Waals surface area contributed by atoms with E-state index in [1.165, 1.54) is 193 Å². The Bertz CT molecular complexity index is 1900. The summed E-state index contributed by atoms with van der Waals surface area (Å²) in [6.07, 6.45) is 52.8. The average molecular weight is 1420 g/mol. The van der Waals surface area contributed by atoms with E-state index >= 15 is 0 Å². The number of carbonyl (C=O) groups excluding carboxylic acids is 4. The Hall–Kier alpha value is -1.94. The van der Waals surface area contributed by atoms with E-state index in [0.29, 0.717) is 31.6 Å². The topological polar surface area (TPSA) is 237 Å². The molecular formula is C78H152O17P2. The summed E-state index contributed by atoms with van der Waals surface area (Å²) in [4.78, 5) is 72.9. The number of phosphoric acid groups is 2. The van der Waals surface area contributed by atoms with Crippen LogP contribution in [0.4, 0.5) is 0 Å². The summed E-state index contributed by atoms with van der Waals surface area (Å²) in [5.74, 6) is 0.954. The molecule has 0 aromatic carbocycles. The van der Waals surface area contributed by atoms with E-state index in [1.54, 1.807) is 0 Å². The number of hydrogen-bond donors (Lipinski definition) is 3. The highest BCUT2D eigenvalue weighted by Crippen LogP contribution is 2.45. The molecule has 0 aliphatic heterocycles. The molecule has 0 fully saturated rings. The van der Waals surface area contributed by atoms with Crippen molar-refractivity contribution in [3.05, 3.63) is 0 Å². The fraction of sp³-hybridized carbons (Fsp3) is 0.949. The Balaban J connectivity index is 5.24. The van der Waals surface area contributed by atoms with Crippen molar-refractivity contribution in [3.63, 3.8) is 0 Å². The molecule has 0 radical (unpaired) electrons. The van der Waals surface area contributed by atoms with Crippen LogP contribution in [0.1, 0.15) is 396 Å². The molecule has 97 heavy (non-hydrogen) atoms. The fourth-order valence-corrected chi connectivity index (χ4v) is 13.5. The number of esters is 4. The van der Waals surface area contributed by atoms with E-state index in [2.05, 4.69) is 55.4 Å². The van der Waals surface area contributed by atoms with Gasteiger partial charge in [0.25, 0.3) is 0 Å². The molecule has 0 rings (SSSR count). The number of phosphoric ester groups is 2. The lowest BCUT2D eigenvalue weighted by Gasteiger charge is -2.21. The zero-order valence-electron chi connectivity index (χ0n) is 63.7. The Morgan fingerprint density at radius 1 is 0.289 bits per heavy atom. The van der Waals surface area contributed by atoms with E-state index in [-0.39, 0.29) is 25.7 Å². The lowest BCUT2D eigenvalue weighted by molar-refractivity contribution is -0.161. The molecule has 0 aromatic rings. The van der Waals surface area contributed by atoms with Crippen LogP contribution in [0, 0.1) is 23.7 Å². The Kier molecular flexibility index (Phi) is 65.9. The molecule has 17 nitrogen and oxygen atoms in total. The van der Waals surface area contributed by atoms with Crippen LogP contribution in [0.15, 0.2) is 0 Å². The maximum atomic E-state index is 13.1. The lowest BCUT2D eigenvalue weighted by atomic mass is 9.99. The summed E-state index contributed by atoms with van der Waals surface area (Å²) in [6.45, 7) is 14.2. The molecule has 0 aliphatic carbocycles. The maximum absolute atomic E-state index is 13.1. The lowest BCUT2D eigenvalue weighted by Crippen LogP contribution is -2.30. The van der Waals surface area contributed by atoms with Crippen LogP contribution in [-0.4, -0.2) is 96.7 Å². The minimum absolute atomic E-state index is 0.105. The van der Waals surface area contributed by atoms with Crippen molar-refractivity contribution in [2.24, 2.45) is 23.7 Å². The van der Waals surface area contributed by atoms with Gasteiger partial charge in [0, 0.05) is 25.7 Å². The highest BCUT2D eigenvalue weighted by Gasteiger charge is 2.30. The standard InChI is InChI=1S/C78H152O17P2/c1-9-71(8)57-49-41-32-26-22-23-29-35-45-53-61-78(83)95-74(65-89-76(81)59-51-43-37-36-40-48-56-70(6)7)67-93-97(86,87)91-63-72(79)62-90-96(84,85)92-66-73(64-88-75(80)58-50-42-33-27-20-17-16-19-25-31-39-47-55-69(4)5)94-77(82)60-52-44-34-28-21-15-13-11-10-12-14-18-24-30-38-46-54-68(2)3/h68-74,79H,9-67H2,1-8H3,(H,84,85)(H,86,87)/t71?,72-,73-,74-/m1/s1. The summed E-state index contributed by atoms with van der Waals surface area (Å²) in [7, 11) is -9.92. The van der Waals surface area contributed by atoms with Gasteiger partial charge in [0.15, 0.2) is 12.2 Å². The van der Waals surface area contributed by atoms with Gasteiger partial charge < -0.3 is 33.8 Å². The third-order valence-corrected chi connectivity index (χ3v) is 20.3. The van der Waals surface area contributed by atoms with Gasteiger partial charge in [0.2, 0.25) is 0 Å². The summed E-state index contributed by atoms with van der Waals surface area (Å²) < 4.78 is 68.6. The van der Waals surface area contributed by atoms with E-state index in [1.807, 2.05) is 0 Å². The van der Waals surface area contributed by atoms with Crippen LogP contribution in [0.5, 0.6) is 0 Å². The first kappa shape index (κ1) is 95.1. The van der Waals surface area contributed by atoms with Gasteiger partial charge in [-0.1, -0.05) is 344 Å². The molecule has 0 aromatic heterocycles. The minimum Gasteiger partial charge on any atom is -0.462 e. The zero-order chi connectivity index (χ0) is 71.7. The van der Waals surface area contributed by atoms with Gasteiger partial charge in [-0.05, 0) is 49.4 Å². The minimum atomic E-state index is -4.96. The maximum Gasteiger partial charge on any atom is 0.472 e. The monoisotopic (exact) mass is 1420 g/mol. The van der Waals surface area contributed by atoms with Crippen molar-refractivity contribution in [1.82, 2.24) is 0 Å². The van der Waals surface area contributed by atoms with E-state index in [0.717, 1.165) is 114 Å². The Morgan fingerprint density at radius 2 is 0.495 bits per heavy atom. The second-order valence-electron chi connectivity index (χ2n) is 29.8. The van der Waals surface area contributed by atoms with E-state index < -0.39 is 97.5 Å². The van der Waals surface area contributed by atoms with Gasteiger partial charge in [-0.3, -0.25) is 37.3 Å². The Labute approximate surface area is 594 Å². The first-order valence-electron chi connectivity index (χ1n) is 40.2. The highest BCUT2D eigenvalue weighted by molar-refractivity contribution is 7.47. The molecule has 0 saturated heterocycles. The normalized spacial score (nSPS) is 14.4. The van der Waals surface area contributed by atoms with Crippen LogP contribution in [0.2, 0.25) is 0 Å². The van der Waals surface area contributed by atoms with Crippen LogP contribution >= 0.6 is 15.6 Å². The second kappa shape index (κ2) is 67.2. The molecule has 0 spiro atoms.